The van der Waals surface area contributed by atoms with Crippen LogP contribution in [-0.4, -0.2) is 23.3 Å². The molecule has 0 spiro atoms. The van der Waals surface area contributed by atoms with Gasteiger partial charge in [-0.2, -0.15) is 0 Å². The van der Waals surface area contributed by atoms with Gasteiger partial charge in [0.05, 0.1) is 12.8 Å². The van der Waals surface area contributed by atoms with E-state index in [4.69, 9.17) is 4.74 Å². The van der Waals surface area contributed by atoms with Crippen LogP contribution >= 0.6 is 11.8 Å². The van der Waals surface area contributed by atoms with Crippen molar-refractivity contribution < 1.29 is 4.74 Å². The van der Waals surface area contributed by atoms with E-state index in [0.717, 1.165) is 29.0 Å². The summed E-state index contributed by atoms with van der Waals surface area (Å²) in [6.45, 7) is 2.01. The largest absolute Gasteiger partial charge is 0.496 e. The Morgan fingerprint density at radius 1 is 1.35 bits per heavy atom. The molecule has 2 rings (SSSR count). The number of aromatic amines is 1. The lowest BCUT2D eigenvalue weighted by Crippen LogP contribution is -2.19. The molecule has 5 heteroatoms. The highest BCUT2D eigenvalue weighted by Crippen LogP contribution is 2.21. The predicted octanol–water partition coefficient (Wildman–Crippen LogP) is 2.65. The Hall–Kier alpha value is -1.75. The quantitative estimate of drug-likeness (QED) is 0.679. The van der Waals surface area contributed by atoms with Gasteiger partial charge in [0.15, 0.2) is 5.16 Å². The zero-order chi connectivity index (χ0) is 14.5. The molecule has 1 N–H and O–H groups in total. The second kappa shape index (κ2) is 6.61. The van der Waals surface area contributed by atoms with Crippen molar-refractivity contribution in [2.24, 2.45) is 0 Å². The molecule has 0 amide bonds. The van der Waals surface area contributed by atoms with Gasteiger partial charge in [0.2, 0.25) is 0 Å². The van der Waals surface area contributed by atoms with Gasteiger partial charge in [0, 0.05) is 12.0 Å². The summed E-state index contributed by atoms with van der Waals surface area (Å²) in [7, 11) is 1.64. The van der Waals surface area contributed by atoms with E-state index in [9.17, 15) is 4.79 Å². The van der Waals surface area contributed by atoms with Gasteiger partial charge in [0.25, 0.3) is 5.56 Å². The average Bonchev–Trinajstić information content (AvgIpc) is 2.49. The molecule has 0 saturated carbocycles. The third-order valence-electron chi connectivity index (χ3n) is 3.17. The monoisotopic (exact) mass is 290 g/mol. The fourth-order valence-electron chi connectivity index (χ4n) is 2.13. The van der Waals surface area contributed by atoms with Crippen LogP contribution < -0.4 is 10.3 Å². The van der Waals surface area contributed by atoms with Gasteiger partial charge in [-0.15, -0.1) is 0 Å². The second-order valence-corrected chi connectivity index (χ2v) is 5.14. The lowest BCUT2D eigenvalue weighted by molar-refractivity contribution is 0.410. The first-order chi connectivity index (χ1) is 9.69. The standard InChI is InChI=1S/C15H18N2O2S/c1-4-12-11(14(18)17-15(16-12)20-3)9-10-7-5-6-8-13(10)19-2/h5-8H,4,9H2,1-3H3,(H,16,17,18). The summed E-state index contributed by atoms with van der Waals surface area (Å²) in [5.74, 6) is 0.794. The fourth-order valence-corrected chi connectivity index (χ4v) is 2.53. The number of hydrogen-bond acceptors (Lipinski definition) is 4. The molecule has 0 atom stereocenters. The van der Waals surface area contributed by atoms with Crippen LogP contribution in [0, 0.1) is 0 Å². The van der Waals surface area contributed by atoms with Crippen molar-refractivity contribution in [2.75, 3.05) is 13.4 Å². The van der Waals surface area contributed by atoms with E-state index in [1.165, 1.54) is 11.8 Å². The van der Waals surface area contributed by atoms with Gasteiger partial charge < -0.3 is 9.72 Å². The van der Waals surface area contributed by atoms with Gasteiger partial charge in [-0.25, -0.2) is 4.98 Å². The third kappa shape index (κ3) is 3.04. The van der Waals surface area contributed by atoms with Crippen molar-refractivity contribution in [3.8, 4) is 5.75 Å². The van der Waals surface area contributed by atoms with E-state index >= 15 is 0 Å². The Morgan fingerprint density at radius 3 is 2.75 bits per heavy atom. The molecule has 2 aromatic rings. The molecule has 0 bridgehead atoms. The van der Waals surface area contributed by atoms with E-state index in [1.54, 1.807) is 7.11 Å². The Kier molecular flexibility index (Phi) is 4.84. The minimum absolute atomic E-state index is 0.0629. The second-order valence-electron chi connectivity index (χ2n) is 4.34. The van der Waals surface area contributed by atoms with E-state index in [0.29, 0.717) is 11.6 Å². The van der Waals surface area contributed by atoms with E-state index < -0.39 is 0 Å². The highest BCUT2D eigenvalue weighted by molar-refractivity contribution is 7.98. The Morgan fingerprint density at radius 2 is 2.10 bits per heavy atom. The molecule has 0 aliphatic carbocycles. The molecule has 1 aromatic heterocycles. The molecular formula is C15H18N2O2S. The van der Waals surface area contributed by atoms with Crippen molar-refractivity contribution in [2.45, 2.75) is 24.9 Å². The molecule has 0 aliphatic heterocycles. The van der Waals surface area contributed by atoms with Gasteiger partial charge >= 0.3 is 0 Å². The van der Waals surface area contributed by atoms with Crippen molar-refractivity contribution in [1.29, 1.82) is 0 Å². The summed E-state index contributed by atoms with van der Waals surface area (Å²) in [5, 5.41) is 0.663. The minimum atomic E-state index is -0.0629. The molecule has 0 unspecified atom stereocenters. The molecule has 0 fully saturated rings. The lowest BCUT2D eigenvalue weighted by atomic mass is 10.0. The van der Waals surface area contributed by atoms with Crippen LogP contribution in [0.25, 0.3) is 0 Å². The highest BCUT2D eigenvalue weighted by Gasteiger charge is 2.12. The zero-order valence-corrected chi connectivity index (χ0v) is 12.7. The van der Waals surface area contributed by atoms with Gasteiger partial charge in [-0.3, -0.25) is 4.79 Å². The first-order valence-electron chi connectivity index (χ1n) is 6.47. The maximum atomic E-state index is 12.2. The molecule has 4 nitrogen and oxygen atoms in total. The normalized spacial score (nSPS) is 10.6. The molecule has 20 heavy (non-hydrogen) atoms. The fraction of sp³-hybridized carbons (Fsp3) is 0.333. The van der Waals surface area contributed by atoms with Crippen LogP contribution in [0.3, 0.4) is 0 Å². The summed E-state index contributed by atoms with van der Waals surface area (Å²) in [6, 6.07) is 7.74. The maximum Gasteiger partial charge on any atom is 0.255 e. The van der Waals surface area contributed by atoms with Crippen molar-refractivity contribution in [3.05, 3.63) is 51.4 Å². The van der Waals surface area contributed by atoms with Crippen molar-refractivity contribution in [1.82, 2.24) is 9.97 Å². The first kappa shape index (κ1) is 14.7. The van der Waals surface area contributed by atoms with Crippen LogP contribution in [-0.2, 0) is 12.8 Å². The summed E-state index contributed by atoms with van der Waals surface area (Å²) >= 11 is 1.44. The summed E-state index contributed by atoms with van der Waals surface area (Å²) in [5.41, 5.74) is 2.50. The lowest BCUT2D eigenvalue weighted by Gasteiger charge is -2.10. The van der Waals surface area contributed by atoms with Crippen LogP contribution in [0.5, 0.6) is 5.75 Å². The van der Waals surface area contributed by atoms with Gasteiger partial charge in [-0.05, 0) is 24.3 Å². The molecule has 1 heterocycles. The Balaban J connectivity index is 2.45. The number of para-hydroxylation sites is 1. The maximum absolute atomic E-state index is 12.2. The molecule has 1 aromatic carbocycles. The molecule has 0 radical (unpaired) electrons. The summed E-state index contributed by atoms with van der Waals surface area (Å²) < 4.78 is 5.34. The van der Waals surface area contributed by atoms with E-state index in [2.05, 4.69) is 9.97 Å². The van der Waals surface area contributed by atoms with E-state index in [-0.39, 0.29) is 5.56 Å². The number of ether oxygens (including phenoxy) is 1. The molecule has 0 saturated heterocycles. The first-order valence-corrected chi connectivity index (χ1v) is 7.70. The van der Waals surface area contributed by atoms with Crippen LogP contribution in [0.1, 0.15) is 23.7 Å². The number of benzene rings is 1. The number of nitrogens with one attached hydrogen (secondary N) is 1. The molecule has 106 valence electrons. The van der Waals surface area contributed by atoms with Gasteiger partial charge in [-0.1, -0.05) is 36.9 Å². The van der Waals surface area contributed by atoms with Crippen LogP contribution in [0.15, 0.2) is 34.2 Å². The van der Waals surface area contributed by atoms with E-state index in [1.807, 2.05) is 37.4 Å². The summed E-state index contributed by atoms with van der Waals surface area (Å²) in [6.07, 6.45) is 3.17. The molecular weight excluding hydrogens is 272 g/mol. The number of methoxy groups -OCH3 is 1. The molecule has 0 aliphatic rings. The number of aryl methyl sites for hydroxylation is 1. The van der Waals surface area contributed by atoms with Crippen molar-refractivity contribution in [3.63, 3.8) is 0 Å². The minimum Gasteiger partial charge on any atom is -0.496 e. The zero-order valence-electron chi connectivity index (χ0n) is 11.9. The highest BCUT2D eigenvalue weighted by atomic mass is 32.2. The Labute approximate surface area is 122 Å². The Bertz CT molecular complexity index is 653. The van der Waals surface area contributed by atoms with Crippen molar-refractivity contribution >= 4 is 11.8 Å². The average molecular weight is 290 g/mol. The van der Waals surface area contributed by atoms with Crippen LogP contribution in [0.4, 0.5) is 0 Å². The smallest absolute Gasteiger partial charge is 0.255 e. The third-order valence-corrected chi connectivity index (χ3v) is 3.75. The number of thioether (sulfide) groups is 1. The van der Waals surface area contributed by atoms with Gasteiger partial charge in [0.1, 0.15) is 5.75 Å². The number of rotatable bonds is 5. The number of aromatic nitrogens is 2. The SMILES string of the molecule is CCc1nc(SC)[nH]c(=O)c1Cc1ccccc1OC. The van der Waals surface area contributed by atoms with Crippen LogP contribution in [0.2, 0.25) is 0 Å². The number of hydrogen-bond donors (Lipinski definition) is 1. The summed E-state index contributed by atoms with van der Waals surface area (Å²) in [4.78, 5) is 19.5. The number of H-pyrrole nitrogens is 1. The number of nitrogens with zero attached hydrogens (tertiary/aromatic N) is 1. The predicted molar refractivity (Wildman–Crippen MR) is 81.8 cm³/mol. The topological polar surface area (TPSA) is 55.0 Å².